The maximum atomic E-state index is 13.6. The summed E-state index contributed by atoms with van der Waals surface area (Å²) in [4.78, 5) is 39.4. The number of amides is 1. The molecule has 1 unspecified atom stereocenters. The monoisotopic (exact) mass is 649 g/mol. The van der Waals surface area contributed by atoms with E-state index in [1.807, 2.05) is 35.8 Å². The molecule has 2 N–H and O–H groups in total. The summed E-state index contributed by atoms with van der Waals surface area (Å²) in [6.45, 7) is 4.68. The first-order valence-corrected chi connectivity index (χ1v) is 15.3. The van der Waals surface area contributed by atoms with Crippen molar-refractivity contribution in [2.75, 3.05) is 47.6 Å². The van der Waals surface area contributed by atoms with Crippen LogP contribution in [-0.4, -0.2) is 68.8 Å². The average molecular weight is 650 g/mol. The third-order valence-electron chi connectivity index (χ3n) is 7.33. The minimum absolute atomic E-state index is 0.141. The smallest absolute Gasteiger partial charge is 0.377 e. The number of anilines is 3. The Kier molecular flexibility index (Phi) is 8.97. The Bertz CT molecular complexity index is 1750. The lowest BCUT2D eigenvalue weighted by molar-refractivity contribution is -0.142. The van der Waals surface area contributed by atoms with Gasteiger partial charge in [0.15, 0.2) is 5.69 Å². The number of halogens is 4. The van der Waals surface area contributed by atoms with Crippen LogP contribution < -0.4 is 25.4 Å². The van der Waals surface area contributed by atoms with E-state index in [1.54, 1.807) is 25.4 Å². The van der Waals surface area contributed by atoms with Gasteiger partial charge in [-0.2, -0.15) is 18.3 Å². The number of aromatic nitrogens is 5. The molecule has 1 aliphatic heterocycles. The lowest BCUT2D eigenvalue weighted by Crippen LogP contribution is -2.48. The van der Waals surface area contributed by atoms with Gasteiger partial charge in [0.2, 0.25) is 5.95 Å². The van der Waals surface area contributed by atoms with Crippen LogP contribution in [0.25, 0.3) is 10.9 Å². The highest BCUT2D eigenvalue weighted by atomic mass is 35.5. The highest BCUT2D eigenvalue weighted by Crippen LogP contribution is 2.30. The first kappa shape index (κ1) is 31.4. The molecule has 1 aromatic carbocycles. The third-order valence-corrected chi connectivity index (χ3v) is 7.93. The minimum atomic E-state index is -4.35. The number of nitrogens with zero attached hydrogens (tertiary/aromatic N) is 7. The van der Waals surface area contributed by atoms with E-state index in [2.05, 4.69) is 20.1 Å². The van der Waals surface area contributed by atoms with E-state index in [9.17, 15) is 22.8 Å². The number of benzene rings is 1. The number of fused-ring (bicyclic) bond motifs is 1. The number of rotatable bonds is 8. The predicted molar refractivity (Wildman–Crippen MR) is 167 cm³/mol. The molecular formula is C28H31ClF3N9O2S. The minimum Gasteiger partial charge on any atom is -0.377 e. The first-order chi connectivity index (χ1) is 20.8. The van der Waals surface area contributed by atoms with Crippen LogP contribution in [0.5, 0.6) is 0 Å². The molecule has 0 aliphatic carbocycles. The van der Waals surface area contributed by atoms with Crippen molar-refractivity contribution in [2.24, 2.45) is 7.05 Å². The number of aryl methyl sites for hydroxylation is 1. The second kappa shape index (κ2) is 12.6. The van der Waals surface area contributed by atoms with Gasteiger partial charge in [-0.3, -0.25) is 23.6 Å². The molecule has 44 heavy (non-hydrogen) atoms. The molecule has 16 heteroatoms. The summed E-state index contributed by atoms with van der Waals surface area (Å²) < 4.78 is 43.4. The summed E-state index contributed by atoms with van der Waals surface area (Å²) in [6, 6.07) is 6.66. The number of hydrogen-bond donors (Lipinski definition) is 2. The Morgan fingerprint density at radius 1 is 1.14 bits per heavy atom. The third kappa shape index (κ3) is 6.73. The normalized spacial score (nSPS) is 14.6. The zero-order valence-corrected chi connectivity index (χ0v) is 26.0. The Hall–Kier alpha value is -3.98. The molecule has 0 bridgehead atoms. The van der Waals surface area contributed by atoms with Crippen LogP contribution in [0.2, 0.25) is 5.15 Å². The van der Waals surface area contributed by atoms with E-state index in [-0.39, 0.29) is 22.4 Å². The van der Waals surface area contributed by atoms with Gasteiger partial charge in [0.1, 0.15) is 11.7 Å². The van der Waals surface area contributed by atoms with Crippen LogP contribution in [0.3, 0.4) is 0 Å². The zero-order chi connectivity index (χ0) is 31.8. The molecule has 4 aromatic rings. The zero-order valence-electron chi connectivity index (χ0n) is 24.4. The first-order valence-electron chi connectivity index (χ1n) is 13.7. The van der Waals surface area contributed by atoms with Crippen molar-refractivity contribution in [1.29, 1.82) is 0 Å². The Balaban J connectivity index is 1.43. The Labute approximate surface area is 260 Å². The van der Waals surface area contributed by atoms with Crippen molar-refractivity contribution in [3.63, 3.8) is 0 Å². The summed E-state index contributed by atoms with van der Waals surface area (Å²) >= 11 is 7.23. The number of piperazine rings is 1. The molecule has 0 radical (unpaired) electrons. The molecule has 1 atom stereocenters. The summed E-state index contributed by atoms with van der Waals surface area (Å²) in [5, 5.41) is 7.84. The summed E-state index contributed by atoms with van der Waals surface area (Å²) in [5.74, 6) is 0.0883. The van der Waals surface area contributed by atoms with E-state index in [1.165, 1.54) is 17.0 Å². The number of carbonyl (C=O) groups excluding carboxylic acids is 1. The van der Waals surface area contributed by atoms with Gasteiger partial charge in [-0.25, -0.2) is 9.97 Å². The van der Waals surface area contributed by atoms with Crippen molar-refractivity contribution in [1.82, 2.24) is 29.0 Å². The summed E-state index contributed by atoms with van der Waals surface area (Å²) in [5.41, 5.74) is 3.19. The SMILES string of the molecule is CSNC(=O)c1nc(Cl)ccc1NC(C)c1cc(C)cc2c(=O)n(C)c(N3CCN(c4cnn(CC(F)(F)F)c4)CC3)nc12. The van der Waals surface area contributed by atoms with Crippen LogP contribution in [0.15, 0.2) is 41.5 Å². The summed E-state index contributed by atoms with van der Waals surface area (Å²) in [6.07, 6.45) is 0.200. The molecular weight excluding hydrogens is 619 g/mol. The molecule has 1 amide bonds. The van der Waals surface area contributed by atoms with Gasteiger partial charge in [0.05, 0.1) is 34.5 Å². The standard InChI is InChI=1S/C28H31ClF3N9O2S/c1-16-11-19(17(2)34-21-5-6-22(29)35-24(21)25(42)37-44-4)23-20(12-16)26(43)38(3)27(36-23)40-9-7-39(8-10-40)18-13-33-41(14-18)15-28(30,31)32/h5-6,11-14,17,34H,7-10,15H2,1-4H3,(H,37,42). The number of nitrogens with one attached hydrogen (secondary N) is 2. The molecule has 3 aromatic heterocycles. The Morgan fingerprint density at radius 3 is 2.52 bits per heavy atom. The van der Waals surface area contributed by atoms with Gasteiger partial charge in [-0.15, -0.1) is 0 Å². The largest absolute Gasteiger partial charge is 0.408 e. The van der Waals surface area contributed by atoms with E-state index in [0.717, 1.165) is 27.8 Å². The van der Waals surface area contributed by atoms with E-state index in [0.29, 0.717) is 54.4 Å². The quantitative estimate of drug-likeness (QED) is 0.210. The van der Waals surface area contributed by atoms with Crippen LogP contribution in [0.1, 0.15) is 34.6 Å². The van der Waals surface area contributed by atoms with E-state index in [4.69, 9.17) is 16.6 Å². The van der Waals surface area contributed by atoms with Crippen molar-refractivity contribution in [2.45, 2.75) is 32.6 Å². The molecule has 1 aliphatic rings. The molecule has 1 fully saturated rings. The van der Waals surface area contributed by atoms with E-state index < -0.39 is 18.6 Å². The maximum absolute atomic E-state index is 13.6. The number of carbonyl (C=O) groups is 1. The summed E-state index contributed by atoms with van der Waals surface area (Å²) in [7, 11) is 1.68. The fourth-order valence-electron chi connectivity index (χ4n) is 5.28. The molecule has 4 heterocycles. The lowest BCUT2D eigenvalue weighted by Gasteiger charge is -2.36. The van der Waals surface area contributed by atoms with Crippen molar-refractivity contribution < 1.29 is 18.0 Å². The van der Waals surface area contributed by atoms with Crippen LogP contribution >= 0.6 is 23.5 Å². The molecule has 5 rings (SSSR count). The number of pyridine rings is 1. The number of alkyl halides is 3. The van der Waals surface area contributed by atoms with Gasteiger partial charge in [0.25, 0.3) is 11.5 Å². The molecule has 11 nitrogen and oxygen atoms in total. The Morgan fingerprint density at radius 2 is 1.84 bits per heavy atom. The topological polar surface area (TPSA) is 113 Å². The van der Waals surface area contributed by atoms with Crippen molar-refractivity contribution >= 4 is 57.7 Å². The highest BCUT2D eigenvalue weighted by molar-refractivity contribution is 7.97. The van der Waals surface area contributed by atoms with Gasteiger partial charge in [-0.1, -0.05) is 29.6 Å². The van der Waals surface area contributed by atoms with Gasteiger partial charge < -0.3 is 15.1 Å². The second-order valence-corrected chi connectivity index (χ2v) is 11.5. The maximum Gasteiger partial charge on any atom is 0.408 e. The van der Waals surface area contributed by atoms with Gasteiger partial charge in [-0.05, 0) is 37.6 Å². The fourth-order valence-corrected chi connectivity index (χ4v) is 5.71. The van der Waals surface area contributed by atoms with Crippen LogP contribution in [0, 0.1) is 6.92 Å². The fraction of sp³-hybridized carbons (Fsp3) is 0.393. The van der Waals surface area contributed by atoms with Crippen molar-refractivity contribution in [3.8, 4) is 0 Å². The molecule has 1 saturated heterocycles. The van der Waals surface area contributed by atoms with Crippen LogP contribution in [-0.2, 0) is 13.6 Å². The van der Waals surface area contributed by atoms with E-state index >= 15 is 0 Å². The predicted octanol–water partition coefficient (Wildman–Crippen LogP) is 4.56. The molecule has 234 valence electrons. The van der Waals surface area contributed by atoms with Gasteiger partial charge >= 0.3 is 6.18 Å². The van der Waals surface area contributed by atoms with Crippen molar-refractivity contribution in [3.05, 3.63) is 69.0 Å². The van der Waals surface area contributed by atoms with Gasteiger partial charge in [0, 0.05) is 51.2 Å². The van der Waals surface area contributed by atoms with Crippen LogP contribution in [0.4, 0.5) is 30.5 Å². The highest BCUT2D eigenvalue weighted by Gasteiger charge is 2.29. The second-order valence-electron chi connectivity index (χ2n) is 10.5. The molecule has 0 saturated carbocycles. The molecule has 0 spiro atoms. The number of hydrogen-bond acceptors (Lipinski definition) is 9. The average Bonchev–Trinajstić information content (AvgIpc) is 3.42. The lowest BCUT2D eigenvalue weighted by atomic mass is 10.0.